The summed E-state index contributed by atoms with van der Waals surface area (Å²) in [6.45, 7) is 0. The summed E-state index contributed by atoms with van der Waals surface area (Å²) in [5, 5.41) is 0. The number of carbonyl (C=O) groups excluding carboxylic acids is 1. The Morgan fingerprint density at radius 2 is 2.06 bits per heavy atom. The minimum Gasteiger partial charge on any atom is -0.496 e. The lowest BCUT2D eigenvalue weighted by molar-refractivity contribution is -0.151. The first-order chi connectivity index (χ1) is 7.81. The number of ketones is 1. The van der Waals surface area contributed by atoms with Gasteiger partial charge in [-0.25, -0.2) is 0 Å². The van der Waals surface area contributed by atoms with E-state index < -0.39 is 18.4 Å². The molecule has 0 saturated carbocycles. The molecule has 1 aromatic carbocycles. The minimum atomic E-state index is -4.44. The van der Waals surface area contributed by atoms with Crippen molar-refractivity contribution >= 4 is 21.7 Å². The van der Waals surface area contributed by atoms with Crippen molar-refractivity contribution in [2.24, 2.45) is 0 Å². The Morgan fingerprint density at radius 1 is 1.41 bits per heavy atom. The number of benzene rings is 1. The highest BCUT2D eigenvalue weighted by atomic mass is 79.9. The van der Waals surface area contributed by atoms with Gasteiger partial charge in [-0.05, 0) is 33.6 Å². The molecule has 0 aliphatic heterocycles. The molecule has 0 aromatic heterocycles. The third-order valence-electron chi connectivity index (χ3n) is 2.02. The Labute approximate surface area is 105 Å². The smallest absolute Gasteiger partial charge is 0.395 e. The second-order valence-corrected chi connectivity index (χ2v) is 4.33. The molecule has 0 heterocycles. The van der Waals surface area contributed by atoms with Crippen molar-refractivity contribution in [1.82, 2.24) is 0 Å². The van der Waals surface area contributed by atoms with Gasteiger partial charge in [0.15, 0.2) is 0 Å². The van der Waals surface area contributed by atoms with Crippen molar-refractivity contribution < 1.29 is 22.7 Å². The molecule has 1 rings (SSSR count). The Kier molecular flexibility index (Phi) is 4.56. The summed E-state index contributed by atoms with van der Waals surface area (Å²) in [7, 11) is 1.48. The number of rotatable bonds is 4. The predicted molar refractivity (Wildman–Crippen MR) is 60.1 cm³/mol. The van der Waals surface area contributed by atoms with E-state index >= 15 is 0 Å². The maximum absolute atomic E-state index is 12.0. The van der Waals surface area contributed by atoms with Crippen LogP contribution in [-0.4, -0.2) is 19.1 Å². The predicted octanol–water partition coefficient (Wildman–Crippen LogP) is 3.52. The third-order valence-corrected chi connectivity index (χ3v) is 2.63. The van der Waals surface area contributed by atoms with Gasteiger partial charge in [-0.3, -0.25) is 4.79 Å². The Balaban J connectivity index is 2.69. The largest absolute Gasteiger partial charge is 0.496 e. The summed E-state index contributed by atoms with van der Waals surface area (Å²) in [5.74, 6) is -0.286. The lowest BCUT2D eigenvalue weighted by atomic mass is 10.1. The highest BCUT2D eigenvalue weighted by Crippen LogP contribution is 2.26. The molecular weight excluding hydrogens is 301 g/mol. The molecule has 0 unspecified atom stereocenters. The first kappa shape index (κ1) is 14.0. The van der Waals surface area contributed by atoms with Crippen molar-refractivity contribution in [2.75, 3.05) is 7.11 Å². The molecule has 0 N–H and O–H groups in total. The Morgan fingerprint density at radius 3 is 2.53 bits per heavy atom. The van der Waals surface area contributed by atoms with Crippen LogP contribution in [0.2, 0.25) is 0 Å². The maximum Gasteiger partial charge on any atom is 0.395 e. The van der Waals surface area contributed by atoms with Crippen LogP contribution in [0.1, 0.15) is 12.0 Å². The molecule has 0 saturated heterocycles. The summed E-state index contributed by atoms with van der Waals surface area (Å²) >= 11 is 3.20. The van der Waals surface area contributed by atoms with Crippen LogP contribution in [-0.2, 0) is 11.2 Å². The number of carbonyl (C=O) groups is 1. The van der Waals surface area contributed by atoms with Gasteiger partial charge in [0.05, 0.1) is 11.6 Å². The molecular formula is C11H10BrF3O2. The van der Waals surface area contributed by atoms with Crippen LogP contribution in [0.25, 0.3) is 0 Å². The Hall–Kier alpha value is -1.04. The second kappa shape index (κ2) is 5.53. The lowest BCUT2D eigenvalue weighted by Gasteiger charge is -2.07. The zero-order chi connectivity index (χ0) is 13.1. The normalized spacial score (nSPS) is 11.4. The molecule has 0 amide bonds. The van der Waals surface area contributed by atoms with E-state index in [9.17, 15) is 18.0 Å². The molecule has 0 radical (unpaired) electrons. The maximum atomic E-state index is 12.0. The first-order valence-electron chi connectivity index (χ1n) is 4.72. The number of hydrogen-bond donors (Lipinski definition) is 0. The van der Waals surface area contributed by atoms with E-state index in [1.165, 1.54) is 7.11 Å². The number of Topliss-reactive ketones (excluding diaryl/α,β-unsaturated/α-hetero) is 1. The van der Waals surface area contributed by atoms with E-state index in [2.05, 4.69) is 15.9 Å². The number of hydrogen-bond acceptors (Lipinski definition) is 2. The molecule has 0 aliphatic rings. The van der Waals surface area contributed by atoms with Crippen LogP contribution >= 0.6 is 15.9 Å². The molecule has 0 aliphatic carbocycles. The SMILES string of the molecule is COc1ccc(CC(=O)CC(F)(F)F)cc1Br. The standard InChI is InChI=1S/C11H10BrF3O2/c1-17-10-3-2-7(5-9(10)12)4-8(16)6-11(13,14)15/h2-3,5H,4,6H2,1H3. The fourth-order valence-electron chi connectivity index (χ4n) is 1.33. The number of alkyl halides is 3. The highest BCUT2D eigenvalue weighted by molar-refractivity contribution is 9.10. The molecule has 6 heteroatoms. The van der Waals surface area contributed by atoms with Gasteiger partial charge in [0.25, 0.3) is 0 Å². The van der Waals surface area contributed by atoms with Crippen molar-refractivity contribution in [3.63, 3.8) is 0 Å². The van der Waals surface area contributed by atoms with Gasteiger partial charge in [-0.1, -0.05) is 6.07 Å². The average molecular weight is 311 g/mol. The van der Waals surface area contributed by atoms with Gasteiger partial charge in [0, 0.05) is 6.42 Å². The zero-order valence-corrected chi connectivity index (χ0v) is 10.6. The van der Waals surface area contributed by atoms with Crippen LogP contribution in [0.5, 0.6) is 5.75 Å². The van der Waals surface area contributed by atoms with E-state index in [0.717, 1.165) is 0 Å². The minimum absolute atomic E-state index is 0.234. The fourth-order valence-corrected chi connectivity index (χ4v) is 1.92. The second-order valence-electron chi connectivity index (χ2n) is 3.48. The van der Waals surface area contributed by atoms with Gasteiger partial charge in [0.2, 0.25) is 0 Å². The molecule has 17 heavy (non-hydrogen) atoms. The molecule has 0 atom stereocenters. The van der Waals surface area contributed by atoms with Crippen molar-refractivity contribution in [2.45, 2.75) is 19.0 Å². The highest BCUT2D eigenvalue weighted by Gasteiger charge is 2.30. The van der Waals surface area contributed by atoms with E-state index in [0.29, 0.717) is 15.8 Å². The molecule has 0 spiro atoms. The van der Waals surface area contributed by atoms with Crippen molar-refractivity contribution in [3.05, 3.63) is 28.2 Å². The van der Waals surface area contributed by atoms with Gasteiger partial charge in [-0.15, -0.1) is 0 Å². The van der Waals surface area contributed by atoms with Gasteiger partial charge in [0.1, 0.15) is 18.0 Å². The lowest BCUT2D eigenvalue weighted by Crippen LogP contribution is -2.16. The quantitative estimate of drug-likeness (QED) is 0.850. The monoisotopic (exact) mass is 310 g/mol. The number of methoxy groups -OCH3 is 1. The molecule has 1 aromatic rings. The van der Waals surface area contributed by atoms with Crippen LogP contribution in [0.4, 0.5) is 13.2 Å². The molecule has 0 fully saturated rings. The topological polar surface area (TPSA) is 26.3 Å². The van der Waals surface area contributed by atoms with Crippen LogP contribution in [0.3, 0.4) is 0 Å². The van der Waals surface area contributed by atoms with Crippen LogP contribution in [0, 0.1) is 0 Å². The third kappa shape index (κ3) is 4.77. The van der Waals surface area contributed by atoms with E-state index in [1.807, 2.05) is 0 Å². The summed E-state index contributed by atoms with van der Waals surface area (Å²) in [4.78, 5) is 11.1. The summed E-state index contributed by atoms with van der Waals surface area (Å²) in [5.41, 5.74) is 0.520. The van der Waals surface area contributed by atoms with Gasteiger partial charge >= 0.3 is 6.18 Å². The van der Waals surface area contributed by atoms with E-state index in [4.69, 9.17) is 4.74 Å². The van der Waals surface area contributed by atoms with Crippen LogP contribution < -0.4 is 4.74 Å². The van der Waals surface area contributed by atoms with Gasteiger partial charge in [-0.2, -0.15) is 13.2 Å². The first-order valence-corrected chi connectivity index (χ1v) is 5.52. The Bertz CT molecular complexity index is 416. The van der Waals surface area contributed by atoms with Crippen molar-refractivity contribution in [1.29, 1.82) is 0 Å². The van der Waals surface area contributed by atoms with E-state index in [1.54, 1.807) is 18.2 Å². The van der Waals surface area contributed by atoms with Gasteiger partial charge < -0.3 is 4.74 Å². The van der Waals surface area contributed by atoms with Crippen molar-refractivity contribution in [3.8, 4) is 5.75 Å². The number of halogens is 4. The average Bonchev–Trinajstić information content (AvgIpc) is 2.14. The van der Waals surface area contributed by atoms with Crippen LogP contribution in [0.15, 0.2) is 22.7 Å². The summed E-state index contributed by atoms with van der Waals surface area (Å²) in [6.07, 6.45) is -6.07. The molecule has 94 valence electrons. The van der Waals surface area contributed by atoms with E-state index in [-0.39, 0.29) is 6.42 Å². The molecule has 2 nitrogen and oxygen atoms in total. The fraction of sp³-hybridized carbons (Fsp3) is 0.364. The number of ether oxygens (including phenoxy) is 1. The zero-order valence-electron chi connectivity index (χ0n) is 8.97. The molecule has 0 bridgehead atoms. The summed E-state index contributed by atoms with van der Waals surface area (Å²) in [6, 6.07) is 4.74. The summed E-state index contributed by atoms with van der Waals surface area (Å²) < 4.78 is 41.5.